The predicted octanol–water partition coefficient (Wildman–Crippen LogP) is 3.13. The number of Topliss-reactive ketones (excluding diaryl/α,β-unsaturated/α-hetero) is 1. The second-order valence-corrected chi connectivity index (χ2v) is 4.49. The summed E-state index contributed by atoms with van der Waals surface area (Å²) in [6, 6.07) is 6.26. The van der Waals surface area contributed by atoms with E-state index in [9.17, 15) is 9.59 Å². The Kier molecular flexibility index (Phi) is 6.97. The molecule has 0 bridgehead atoms. The van der Waals surface area contributed by atoms with E-state index in [0.29, 0.717) is 31.1 Å². The molecule has 0 atom stereocenters. The molecule has 1 aromatic carbocycles. The predicted molar refractivity (Wildman–Crippen MR) is 73.1 cm³/mol. The minimum atomic E-state index is -0.954. The van der Waals surface area contributed by atoms with Crippen molar-refractivity contribution < 1.29 is 19.4 Å². The van der Waals surface area contributed by atoms with E-state index in [0.717, 1.165) is 12.8 Å². The molecule has 104 valence electrons. The van der Waals surface area contributed by atoms with Crippen molar-refractivity contribution in [3.8, 4) is 5.75 Å². The summed E-state index contributed by atoms with van der Waals surface area (Å²) in [5.74, 6) is 0.243. The van der Waals surface area contributed by atoms with E-state index >= 15 is 0 Å². The van der Waals surface area contributed by atoms with Crippen LogP contribution in [-0.2, 0) is 4.79 Å². The molecule has 1 aromatic rings. The molecule has 0 aliphatic rings. The fraction of sp³-hybridized carbons (Fsp3) is 0.429. The van der Waals surface area contributed by atoms with Gasteiger partial charge in [0.1, 0.15) is 11.5 Å². The zero-order chi connectivity index (χ0) is 14.1. The van der Waals surface area contributed by atoms with Crippen LogP contribution in [0.15, 0.2) is 24.3 Å². The fourth-order valence-electron chi connectivity index (χ4n) is 1.54. The van der Waals surface area contributed by atoms with Crippen LogP contribution in [0, 0.1) is 0 Å². The van der Waals surface area contributed by atoms with Crippen LogP contribution < -0.4 is 4.74 Å². The van der Waals surface area contributed by atoms with Crippen molar-refractivity contribution in [1.82, 2.24) is 0 Å². The second kappa shape index (κ2) is 8.53. The molecular formula is C14H17ClO4. The normalized spacial score (nSPS) is 10.2. The van der Waals surface area contributed by atoms with Gasteiger partial charge in [-0.05, 0) is 37.1 Å². The van der Waals surface area contributed by atoms with Gasteiger partial charge in [-0.2, -0.15) is 0 Å². The SMILES string of the molecule is O=C(CCCl)CCCCOc1ccc(C(=O)O)cc1. The number of aromatic carboxylic acids is 1. The minimum Gasteiger partial charge on any atom is -0.494 e. The number of carbonyl (C=O) groups is 2. The van der Waals surface area contributed by atoms with Gasteiger partial charge in [-0.3, -0.25) is 4.79 Å². The summed E-state index contributed by atoms with van der Waals surface area (Å²) in [6.07, 6.45) is 2.53. The lowest BCUT2D eigenvalue weighted by molar-refractivity contribution is -0.118. The highest BCUT2D eigenvalue weighted by Crippen LogP contribution is 2.13. The van der Waals surface area contributed by atoms with E-state index in [2.05, 4.69) is 0 Å². The van der Waals surface area contributed by atoms with E-state index in [-0.39, 0.29) is 11.3 Å². The molecule has 0 aliphatic heterocycles. The van der Waals surface area contributed by atoms with Crippen LogP contribution in [-0.4, -0.2) is 29.3 Å². The molecule has 4 nitrogen and oxygen atoms in total. The van der Waals surface area contributed by atoms with Crippen LogP contribution in [0.25, 0.3) is 0 Å². The number of alkyl halides is 1. The first-order valence-electron chi connectivity index (χ1n) is 6.17. The zero-order valence-corrected chi connectivity index (χ0v) is 11.4. The van der Waals surface area contributed by atoms with Crippen molar-refractivity contribution in [1.29, 1.82) is 0 Å². The van der Waals surface area contributed by atoms with Crippen LogP contribution in [0.2, 0.25) is 0 Å². The molecule has 0 spiro atoms. The number of carboxylic acid groups (broad SMARTS) is 1. The number of carboxylic acids is 1. The summed E-state index contributed by atoms with van der Waals surface area (Å²) in [5.41, 5.74) is 0.235. The average molecular weight is 285 g/mol. The lowest BCUT2D eigenvalue weighted by Gasteiger charge is -2.06. The van der Waals surface area contributed by atoms with Gasteiger partial charge in [-0.1, -0.05) is 0 Å². The Bertz CT molecular complexity index is 414. The van der Waals surface area contributed by atoms with Crippen molar-refractivity contribution >= 4 is 23.4 Å². The number of carbonyl (C=O) groups excluding carboxylic acids is 1. The van der Waals surface area contributed by atoms with Gasteiger partial charge in [0.2, 0.25) is 0 Å². The van der Waals surface area contributed by atoms with Crippen LogP contribution in [0.4, 0.5) is 0 Å². The summed E-state index contributed by atoms with van der Waals surface area (Å²) in [4.78, 5) is 21.8. The third kappa shape index (κ3) is 6.25. The molecule has 19 heavy (non-hydrogen) atoms. The van der Waals surface area contributed by atoms with E-state index < -0.39 is 5.97 Å². The Hall–Kier alpha value is -1.55. The fourth-order valence-corrected chi connectivity index (χ4v) is 1.75. The highest BCUT2D eigenvalue weighted by molar-refractivity contribution is 6.19. The molecule has 0 saturated carbocycles. The first-order valence-corrected chi connectivity index (χ1v) is 6.70. The summed E-state index contributed by atoms with van der Waals surface area (Å²) >= 11 is 5.46. The molecule has 0 amide bonds. The van der Waals surface area contributed by atoms with Crippen LogP contribution in [0.5, 0.6) is 5.75 Å². The molecule has 0 aromatic heterocycles. The summed E-state index contributed by atoms with van der Waals surface area (Å²) < 4.78 is 5.45. The minimum absolute atomic E-state index is 0.181. The number of rotatable bonds is 9. The highest BCUT2D eigenvalue weighted by atomic mass is 35.5. The maximum Gasteiger partial charge on any atom is 0.335 e. The van der Waals surface area contributed by atoms with Crippen molar-refractivity contribution in [3.63, 3.8) is 0 Å². The van der Waals surface area contributed by atoms with Gasteiger partial charge in [0, 0.05) is 18.7 Å². The van der Waals surface area contributed by atoms with Gasteiger partial charge in [0.15, 0.2) is 0 Å². The number of halogens is 1. The standard InChI is InChI=1S/C14H17ClO4/c15-9-8-12(16)3-1-2-10-19-13-6-4-11(5-7-13)14(17)18/h4-7H,1-3,8-10H2,(H,17,18). The third-order valence-electron chi connectivity index (χ3n) is 2.59. The quantitative estimate of drug-likeness (QED) is 0.559. The Morgan fingerprint density at radius 3 is 2.37 bits per heavy atom. The molecule has 0 fully saturated rings. The third-order valence-corrected chi connectivity index (χ3v) is 2.78. The number of hydrogen-bond donors (Lipinski definition) is 1. The lowest BCUT2D eigenvalue weighted by atomic mass is 10.1. The van der Waals surface area contributed by atoms with Crippen LogP contribution in [0.1, 0.15) is 36.0 Å². The van der Waals surface area contributed by atoms with Gasteiger partial charge < -0.3 is 9.84 Å². The van der Waals surface area contributed by atoms with E-state index in [1.54, 1.807) is 12.1 Å². The summed E-state index contributed by atoms with van der Waals surface area (Å²) in [7, 11) is 0. The Labute approximate surface area is 117 Å². The molecule has 0 aliphatic carbocycles. The Balaban J connectivity index is 2.19. The number of ether oxygens (including phenoxy) is 1. The maximum atomic E-state index is 11.2. The topological polar surface area (TPSA) is 63.6 Å². The van der Waals surface area contributed by atoms with Gasteiger partial charge in [0.05, 0.1) is 12.2 Å². The molecule has 5 heteroatoms. The molecule has 0 radical (unpaired) electrons. The highest BCUT2D eigenvalue weighted by Gasteiger charge is 2.03. The van der Waals surface area contributed by atoms with Gasteiger partial charge in [0.25, 0.3) is 0 Å². The first kappa shape index (κ1) is 15.5. The largest absolute Gasteiger partial charge is 0.494 e. The Morgan fingerprint density at radius 1 is 1.11 bits per heavy atom. The number of hydrogen-bond acceptors (Lipinski definition) is 3. The van der Waals surface area contributed by atoms with Gasteiger partial charge in [-0.15, -0.1) is 11.6 Å². The second-order valence-electron chi connectivity index (χ2n) is 4.11. The average Bonchev–Trinajstić information content (AvgIpc) is 2.39. The number of ketones is 1. The Morgan fingerprint density at radius 2 is 1.79 bits per heavy atom. The monoisotopic (exact) mass is 284 g/mol. The summed E-state index contributed by atoms with van der Waals surface area (Å²) in [5, 5.41) is 8.74. The van der Waals surface area contributed by atoms with Crippen molar-refractivity contribution in [2.24, 2.45) is 0 Å². The van der Waals surface area contributed by atoms with Crippen molar-refractivity contribution in [3.05, 3.63) is 29.8 Å². The molecular weight excluding hydrogens is 268 g/mol. The van der Waals surface area contributed by atoms with Crippen LogP contribution >= 0.6 is 11.6 Å². The van der Waals surface area contributed by atoms with Crippen molar-refractivity contribution in [2.75, 3.05) is 12.5 Å². The lowest BCUT2D eigenvalue weighted by Crippen LogP contribution is -2.02. The molecule has 1 rings (SSSR count). The maximum absolute atomic E-state index is 11.2. The van der Waals surface area contributed by atoms with E-state index in [4.69, 9.17) is 21.4 Å². The van der Waals surface area contributed by atoms with Crippen LogP contribution in [0.3, 0.4) is 0 Å². The molecule has 0 unspecified atom stereocenters. The molecule has 0 heterocycles. The van der Waals surface area contributed by atoms with Crippen molar-refractivity contribution in [2.45, 2.75) is 25.7 Å². The van der Waals surface area contributed by atoms with E-state index in [1.165, 1.54) is 12.1 Å². The van der Waals surface area contributed by atoms with E-state index in [1.807, 2.05) is 0 Å². The van der Waals surface area contributed by atoms with Gasteiger partial charge in [-0.25, -0.2) is 4.79 Å². The molecule has 0 saturated heterocycles. The summed E-state index contributed by atoms with van der Waals surface area (Å²) in [6.45, 7) is 0.514. The molecule has 1 N–H and O–H groups in total. The first-order chi connectivity index (χ1) is 9.13. The van der Waals surface area contributed by atoms with Gasteiger partial charge >= 0.3 is 5.97 Å². The number of unbranched alkanes of at least 4 members (excludes halogenated alkanes) is 1. The number of benzene rings is 1. The zero-order valence-electron chi connectivity index (χ0n) is 10.6. The smallest absolute Gasteiger partial charge is 0.335 e.